The lowest BCUT2D eigenvalue weighted by Gasteiger charge is -2.12. The standard InChI is InChI=1S/C16H17NO2/c1-12-7-3-4-8-14(12)11-19-16-10-6-5-9-15(16)17-13(2)18/h3-10H,11H2,1-2H3,(H,17,18). The van der Waals surface area contributed by atoms with Crippen LogP contribution in [0.1, 0.15) is 18.1 Å². The summed E-state index contributed by atoms with van der Waals surface area (Å²) in [5, 5.41) is 2.76. The molecule has 2 rings (SSSR count). The first-order valence-corrected chi connectivity index (χ1v) is 6.21. The Labute approximate surface area is 113 Å². The predicted octanol–water partition coefficient (Wildman–Crippen LogP) is 3.53. The first-order valence-electron chi connectivity index (χ1n) is 6.21. The van der Waals surface area contributed by atoms with E-state index in [4.69, 9.17) is 4.74 Å². The van der Waals surface area contributed by atoms with Crippen molar-refractivity contribution in [3.8, 4) is 5.75 Å². The molecule has 0 aromatic heterocycles. The van der Waals surface area contributed by atoms with Gasteiger partial charge in [-0.2, -0.15) is 0 Å². The van der Waals surface area contributed by atoms with E-state index < -0.39 is 0 Å². The van der Waals surface area contributed by atoms with Crippen LogP contribution < -0.4 is 10.1 Å². The molecule has 2 aromatic rings. The van der Waals surface area contributed by atoms with Gasteiger partial charge in [-0.1, -0.05) is 36.4 Å². The van der Waals surface area contributed by atoms with Crippen LogP contribution in [0.25, 0.3) is 0 Å². The summed E-state index contributed by atoms with van der Waals surface area (Å²) in [6, 6.07) is 15.5. The highest BCUT2D eigenvalue weighted by Crippen LogP contribution is 2.25. The van der Waals surface area contributed by atoms with Gasteiger partial charge in [0.1, 0.15) is 12.4 Å². The maximum absolute atomic E-state index is 11.1. The van der Waals surface area contributed by atoms with E-state index in [1.165, 1.54) is 12.5 Å². The van der Waals surface area contributed by atoms with Gasteiger partial charge in [0.2, 0.25) is 5.91 Å². The molecule has 0 unspecified atom stereocenters. The number of rotatable bonds is 4. The van der Waals surface area contributed by atoms with Crippen LogP contribution in [-0.2, 0) is 11.4 Å². The zero-order valence-electron chi connectivity index (χ0n) is 11.1. The molecule has 0 aliphatic carbocycles. The molecule has 0 saturated carbocycles. The first-order chi connectivity index (χ1) is 9.16. The van der Waals surface area contributed by atoms with Crippen LogP contribution >= 0.6 is 0 Å². The zero-order chi connectivity index (χ0) is 13.7. The molecule has 0 radical (unpaired) electrons. The summed E-state index contributed by atoms with van der Waals surface area (Å²) in [5.74, 6) is 0.577. The average Bonchev–Trinajstić information content (AvgIpc) is 2.39. The molecule has 0 heterocycles. The van der Waals surface area contributed by atoms with Crippen molar-refractivity contribution >= 4 is 11.6 Å². The van der Waals surface area contributed by atoms with Crippen LogP contribution in [0.5, 0.6) is 5.75 Å². The summed E-state index contributed by atoms with van der Waals surface area (Å²) in [4.78, 5) is 11.1. The Bertz CT molecular complexity index is 578. The minimum absolute atomic E-state index is 0.105. The largest absolute Gasteiger partial charge is 0.487 e. The van der Waals surface area contributed by atoms with Crippen LogP contribution in [0.2, 0.25) is 0 Å². The Morgan fingerprint density at radius 2 is 1.79 bits per heavy atom. The zero-order valence-corrected chi connectivity index (χ0v) is 11.1. The highest BCUT2D eigenvalue weighted by Gasteiger charge is 2.05. The second-order valence-corrected chi connectivity index (χ2v) is 4.39. The van der Waals surface area contributed by atoms with E-state index in [0.717, 1.165) is 5.56 Å². The number of carbonyl (C=O) groups excluding carboxylic acids is 1. The molecule has 0 saturated heterocycles. The van der Waals surface area contributed by atoms with Crippen molar-refractivity contribution in [2.24, 2.45) is 0 Å². The number of para-hydroxylation sites is 2. The van der Waals surface area contributed by atoms with E-state index >= 15 is 0 Å². The molecule has 0 atom stereocenters. The van der Waals surface area contributed by atoms with Gasteiger partial charge in [0.15, 0.2) is 0 Å². The van der Waals surface area contributed by atoms with Crippen molar-refractivity contribution in [2.45, 2.75) is 20.5 Å². The number of carbonyl (C=O) groups is 1. The van der Waals surface area contributed by atoms with Crippen molar-refractivity contribution in [1.82, 2.24) is 0 Å². The van der Waals surface area contributed by atoms with Gasteiger partial charge in [0.25, 0.3) is 0 Å². The van der Waals surface area contributed by atoms with E-state index in [9.17, 15) is 4.79 Å². The summed E-state index contributed by atoms with van der Waals surface area (Å²) in [6.45, 7) is 4.03. The van der Waals surface area contributed by atoms with Crippen LogP contribution in [0.15, 0.2) is 48.5 Å². The number of ether oxygens (including phenoxy) is 1. The van der Waals surface area contributed by atoms with Gasteiger partial charge in [0.05, 0.1) is 5.69 Å². The normalized spacial score (nSPS) is 10.0. The van der Waals surface area contributed by atoms with Crippen molar-refractivity contribution in [3.05, 3.63) is 59.7 Å². The van der Waals surface area contributed by atoms with Gasteiger partial charge in [-0.25, -0.2) is 0 Å². The summed E-state index contributed by atoms with van der Waals surface area (Å²) in [5.41, 5.74) is 3.03. The van der Waals surface area contributed by atoms with E-state index in [-0.39, 0.29) is 5.91 Å². The topological polar surface area (TPSA) is 38.3 Å². The summed E-state index contributed by atoms with van der Waals surface area (Å²) >= 11 is 0. The Morgan fingerprint density at radius 1 is 1.11 bits per heavy atom. The number of anilines is 1. The molecule has 0 aliphatic rings. The summed E-state index contributed by atoms with van der Waals surface area (Å²) in [7, 11) is 0. The van der Waals surface area contributed by atoms with Crippen LogP contribution in [0.3, 0.4) is 0 Å². The van der Waals surface area contributed by atoms with Gasteiger partial charge in [-0.15, -0.1) is 0 Å². The maximum Gasteiger partial charge on any atom is 0.221 e. The number of aryl methyl sites for hydroxylation is 1. The summed E-state index contributed by atoms with van der Waals surface area (Å²) in [6.07, 6.45) is 0. The molecule has 0 aliphatic heterocycles. The van der Waals surface area contributed by atoms with E-state index in [2.05, 4.69) is 18.3 Å². The Morgan fingerprint density at radius 3 is 2.53 bits per heavy atom. The van der Waals surface area contributed by atoms with Crippen molar-refractivity contribution in [2.75, 3.05) is 5.32 Å². The lowest BCUT2D eigenvalue weighted by molar-refractivity contribution is -0.114. The highest BCUT2D eigenvalue weighted by molar-refractivity contribution is 5.90. The molecule has 0 bridgehead atoms. The quantitative estimate of drug-likeness (QED) is 0.907. The Balaban J connectivity index is 2.11. The maximum atomic E-state index is 11.1. The first kappa shape index (κ1) is 13.1. The third kappa shape index (κ3) is 3.58. The Hall–Kier alpha value is -2.29. The molecule has 2 aromatic carbocycles. The van der Waals surface area contributed by atoms with E-state index in [1.54, 1.807) is 0 Å². The number of amides is 1. The SMILES string of the molecule is CC(=O)Nc1ccccc1OCc1ccccc1C. The smallest absolute Gasteiger partial charge is 0.221 e. The monoisotopic (exact) mass is 255 g/mol. The average molecular weight is 255 g/mol. The molecule has 3 nitrogen and oxygen atoms in total. The molecular weight excluding hydrogens is 238 g/mol. The molecule has 98 valence electrons. The highest BCUT2D eigenvalue weighted by atomic mass is 16.5. The molecular formula is C16H17NO2. The molecule has 1 N–H and O–H groups in total. The Kier molecular flexibility index (Phi) is 4.18. The lowest BCUT2D eigenvalue weighted by atomic mass is 10.1. The fourth-order valence-corrected chi connectivity index (χ4v) is 1.81. The lowest BCUT2D eigenvalue weighted by Crippen LogP contribution is -2.08. The van der Waals surface area contributed by atoms with Crippen molar-refractivity contribution < 1.29 is 9.53 Å². The van der Waals surface area contributed by atoms with Crippen LogP contribution in [-0.4, -0.2) is 5.91 Å². The number of benzene rings is 2. The van der Waals surface area contributed by atoms with Gasteiger partial charge in [0, 0.05) is 6.92 Å². The second-order valence-electron chi connectivity index (χ2n) is 4.39. The minimum Gasteiger partial charge on any atom is -0.487 e. The van der Waals surface area contributed by atoms with Gasteiger partial charge < -0.3 is 10.1 Å². The van der Waals surface area contributed by atoms with Crippen LogP contribution in [0.4, 0.5) is 5.69 Å². The molecule has 19 heavy (non-hydrogen) atoms. The van der Waals surface area contributed by atoms with Crippen molar-refractivity contribution in [1.29, 1.82) is 0 Å². The molecule has 1 amide bonds. The number of hydrogen-bond acceptors (Lipinski definition) is 2. The fourth-order valence-electron chi connectivity index (χ4n) is 1.81. The van der Waals surface area contributed by atoms with Gasteiger partial charge in [-0.3, -0.25) is 4.79 Å². The minimum atomic E-state index is -0.105. The van der Waals surface area contributed by atoms with Gasteiger partial charge >= 0.3 is 0 Å². The van der Waals surface area contributed by atoms with Crippen molar-refractivity contribution in [3.63, 3.8) is 0 Å². The third-order valence-electron chi connectivity index (χ3n) is 2.84. The third-order valence-corrected chi connectivity index (χ3v) is 2.84. The van der Waals surface area contributed by atoms with Gasteiger partial charge in [-0.05, 0) is 30.2 Å². The predicted molar refractivity (Wildman–Crippen MR) is 76.3 cm³/mol. The molecule has 3 heteroatoms. The number of hydrogen-bond donors (Lipinski definition) is 1. The molecule has 0 spiro atoms. The molecule has 0 fully saturated rings. The van der Waals surface area contributed by atoms with E-state index in [0.29, 0.717) is 18.0 Å². The van der Waals surface area contributed by atoms with Crippen LogP contribution in [0, 0.1) is 6.92 Å². The summed E-state index contributed by atoms with van der Waals surface area (Å²) < 4.78 is 5.79. The van der Waals surface area contributed by atoms with E-state index in [1.807, 2.05) is 42.5 Å². The number of nitrogens with one attached hydrogen (secondary N) is 1. The fraction of sp³-hybridized carbons (Fsp3) is 0.188. The second kappa shape index (κ2) is 6.05.